The van der Waals surface area contributed by atoms with Gasteiger partial charge in [0.05, 0.1) is 5.41 Å². The quantitative estimate of drug-likeness (QED) is 0.800. The lowest BCUT2D eigenvalue weighted by molar-refractivity contribution is -0.130. The zero-order chi connectivity index (χ0) is 14.4. The van der Waals surface area contributed by atoms with Crippen molar-refractivity contribution in [1.82, 2.24) is 5.32 Å². The van der Waals surface area contributed by atoms with E-state index in [2.05, 4.69) is 5.32 Å². The summed E-state index contributed by atoms with van der Waals surface area (Å²) in [5.41, 5.74) is 5.48. The zero-order valence-electron chi connectivity index (χ0n) is 11.5. The molecule has 0 saturated carbocycles. The van der Waals surface area contributed by atoms with Gasteiger partial charge < -0.3 is 15.8 Å². The maximum absolute atomic E-state index is 13.5. The van der Waals surface area contributed by atoms with E-state index in [-0.39, 0.29) is 11.7 Å². The van der Waals surface area contributed by atoms with E-state index in [1.807, 2.05) is 6.07 Å². The Balaban J connectivity index is 2.23. The van der Waals surface area contributed by atoms with Gasteiger partial charge >= 0.3 is 0 Å². The molecule has 5 heteroatoms. The molecule has 0 unspecified atom stereocenters. The lowest BCUT2D eigenvalue weighted by Gasteiger charge is -2.36. The van der Waals surface area contributed by atoms with Crippen LogP contribution in [-0.2, 0) is 14.9 Å². The number of rotatable bonds is 5. The van der Waals surface area contributed by atoms with Gasteiger partial charge in [0.25, 0.3) is 0 Å². The maximum Gasteiger partial charge on any atom is 0.230 e. The summed E-state index contributed by atoms with van der Waals surface area (Å²) < 4.78 is 18.8. The van der Waals surface area contributed by atoms with Crippen molar-refractivity contribution in [2.75, 3.05) is 26.3 Å². The van der Waals surface area contributed by atoms with Crippen LogP contribution in [0.4, 0.5) is 4.39 Å². The van der Waals surface area contributed by atoms with E-state index < -0.39 is 5.41 Å². The molecule has 0 aromatic heterocycles. The Bertz CT molecular complexity index is 459. The lowest BCUT2D eigenvalue weighted by Crippen LogP contribution is -2.48. The third-order valence-electron chi connectivity index (χ3n) is 3.82. The van der Waals surface area contributed by atoms with Crippen LogP contribution in [0, 0.1) is 5.82 Å². The summed E-state index contributed by atoms with van der Waals surface area (Å²) in [7, 11) is 0. The van der Waals surface area contributed by atoms with E-state index >= 15 is 0 Å². The van der Waals surface area contributed by atoms with Crippen LogP contribution in [-0.4, -0.2) is 32.2 Å². The monoisotopic (exact) mass is 280 g/mol. The van der Waals surface area contributed by atoms with Gasteiger partial charge in [0, 0.05) is 19.8 Å². The van der Waals surface area contributed by atoms with Crippen molar-refractivity contribution in [1.29, 1.82) is 0 Å². The molecule has 1 saturated heterocycles. The molecular formula is C15H21FN2O2. The molecule has 0 aliphatic carbocycles. The highest BCUT2D eigenvalue weighted by Crippen LogP contribution is 2.35. The van der Waals surface area contributed by atoms with Gasteiger partial charge in [-0.15, -0.1) is 0 Å². The van der Waals surface area contributed by atoms with Gasteiger partial charge in [-0.25, -0.2) is 4.39 Å². The molecule has 1 aromatic rings. The van der Waals surface area contributed by atoms with E-state index in [1.54, 1.807) is 6.07 Å². The summed E-state index contributed by atoms with van der Waals surface area (Å²) in [5, 5.41) is 2.92. The fourth-order valence-corrected chi connectivity index (χ4v) is 2.63. The Morgan fingerprint density at radius 2 is 2.15 bits per heavy atom. The predicted octanol–water partition coefficient (Wildman–Crippen LogP) is 1.34. The third-order valence-corrected chi connectivity index (χ3v) is 3.82. The van der Waals surface area contributed by atoms with Crippen molar-refractivity contribution >= 4 is 5.91 Å². The van der Waals surface area contributed by atoms with E-state index in [9.17, 15) is 9.18 Å². The van der Waals surface area contributed by atoms with E-state index in [0.717, 1.165) is 12.0 Å². The minimum Gasteiger partial charge on any atom is -0.381 e. The van der Waals surface area contributed by atoms with Gasteiger partial charge in [-0.2, -0.15) is 0 Å². The normalized spacial score (nSPS) is 17.7. The van der Waals surface area contributed by atoms with E-state index in [0.29, 0.717) is 39.1 Å². The predicted molar refractivity (Wildman–Crippen MR) is 74.8 cm³/mol. The summed E-state index contributed by atoms with van der Waals surface area (Å²) in [6, 6.07) is 6.31. The molecule has 0 atom stereocenters. The standard InChI is InChI=1S/C15H21FN2O2/c16-13-4-1-3-12(11-13)15(5-9-20-10-6-15)14(19)18-8-2-7-17/h1,3-4,11H,2,5-10,17H2,(H,18,19). The molecule has 4 nitrogen and oxygen atoms in total. The van der Waals surface area contributed by atoms with E-state index in [1.165, 1.54) is 12.1 Å². The van der Waals surface area contributed by atoms with Crippen LogP contribution in [0.25, 0.3) is 0 Å². The second kappa shape index (κ2) is 6.81. The Hall–Kier alpha value is -1.46. The number of nitrogens with one attached hydrogen (secondary N) is 1. The molecule has 0 bridgehead atoms. The minimum atomic E-state index is -0.686. The lowest BCUT2D eigenvalue weighted by atomic mass is 9.73. The topological polar surface area (TPSA) is 64.3 Å². The summed E-state index contributed by atoms with van der Waals surface area (Å²) in [6.07, 6.45) is 1.89. The first kappa shape index (κ1) is 14.9. The number of hydrogen-bond donors (Lipinski definition) is 2. The molecule has 1 aliphatic heterocycles. The van der Waals surface area contributed by atoms with Crippen molar-refractivity contribution in [3.63, 3.8) is 0 Å². The Kier molecular flexibility index (Phi) is 5.09. The third kappa shape index (κ3) is 3.16. The minimum absolute atomic E-state index is 0.0557. The van der Waals surface area contributed by atoms with Crippen LogP contribution in [0.15, 0.2) is 24.3 Å². The molecule has 110 valence electrons. The molecule has 1 aromatic carbocycles. The number of carbonyl (C=O) groups is 1. The number of amides is 1. The summed E-state index contributed by atoms with van der Waals surface area (Å²) in [5.74, 6) is -0.372. The highest BCUT2D eigenvalue weighted by molar-refractivity contribution is 5.88. The Morgan fingerprint density at radius 3 is 2.80 bits per heavy atom. The van der Waals surface area contributed by atoms with Crippen LogP contribution in [0.2, 0.25) is 0 Å². The highest BCUT2D eigenvalue weighted by Gasteiger charge is 2.41. The number of ether oxygens (including phenoxy) is 1. The first-order valence-corrected chi connectivity index (χ1v) is 7.01. The number of benzene rings is 1. The van der Waals surface area contributed by atoms with Crippen LogP contribution < -0.4 is 11.1 Å². The van der Waals surface area contributed by atoms with Gasteiger partial charge in [0.2, 0.25) is 5.91 Å². The fraction of sp³-hybridized carbons (Fsp3) is 0.533. The second-order valence-corrected chi connectivity index (χ2v) is 5.10. The van der Waals surface area contributed by atoms with Crippen molar-refractivity contribution in [2.45, 2.75) is 24.7 Å². The summed E-state index contributed by atoms with van der Waals surface area (Å²) in [4.78, 5) is 12.6. The van der Waals surface area contributed by atoms with Gasteiger partial charge in [0.15, 0.2) is 0 Å². The van der Waals surface area contributed by atoms with Gasteiger partial charge in [-0.3, -0.25) is 4.79 Å². The zero-order valence-corrected chi connectivity index (χ0v) is 11.5. The maximum atomic E-state index is 13.5. The molecule has 1 amide bonds. The Morgan fingerprint density at radius 1 is 1.40 bits per heavy atom. The molecule has 0 radical (unpaired) electrons. The molecule has 1 fully saturated rings. The second-order valence-electron chi connectivity index (χ2n) is 5.10. The van der Waals surface area contributed by atoms with Crippen molar-refractivity contribution in [3.05, 3.63) is 35.6 Å². The number of nitrogens with two attached hydrogens (primary N) is 1. The first-order chi connectivity index (χ1) is 9.69. The number of halogens is 1. The smallest absolute Gasteiger partial charge is 0.230 e. The average molecular weight is 280 g/mol. The average Bonchev–Trinajstić information content (AvgIpc) is 2.48. The van der Waals surface area contributed by atoms with Crippen LogP contribution >= 0.6 is 0 Å². The molecule has 2 rings (SSSR count). The largest absolute Gasteiger partial charge is 0.381 e. The first-order valence-electron chi connectivity index (χ1n) is 7.01. The van der Waals surface area contributed by atoms with Crippen LogP contribution in [0.3, 0.4) is 0 Å². The molecule has 0 spiro atoms. The molecule has 20 heavy (non-hydrogen) atoms. The number of hydrogen-bond acceptors (Lipinski definition) is 3. The van der Waals surface area contributed by atoms with Crippen LogP contribution in [0.1, 0.15) is 24.8 Å². The van der Waals surface area contributed by atoms with Gasteiger partial charge in [0.1, 0.15) is 5.82 Å². The van der Waals surface area contributed by atoms with Crippen molar-refractivity contribution in [3.8, 4) is 0 Å². The van der Waals surface area contributed by atoms with Crippen molar-refractivity contribution in [2.24, 2.45) is 5.73 Å². The van der Waals surface area contributed by atoms with Crippen molar-refractivity contribution < 1.29 is 13.9 Å². The molecule has 1 aliphatic rings. The summed E-state index contributed by atoms with van der Waals surface area (Å²) in [6.45, 7) is 2.12. The highest BCUT2D eigenvalue weighted by atomic mass is 19.1. The van der Waals surface area contributed by atoms with Gasteiger partial charge in [-0.05, 0) is 43.5 Å². The summed E-state index contributed by atoms with van der Waals surface area (Å²) >= 11 is 0. The van der Waals surface area contributed by atoms with E-state index in [4.69, 9.17) is 10.5 Å². The van der Waals surface area contributed by atoms with Gasteiger partial charge in [-0.1, -0.05) is 12.1 Å². The molecular weight excluding hydrogens is 259 g/mol. The van der Waals surface area contributed by atoms with Crippen LogP contribution in [0.5, 0.6) is 0 Å². The SMILES string of the molecule is NCCCNC(=O)C1(c2cccc(F)c2)CCOCC1. The number of carbonyl (C=O) groups excluding carboxylic acids is 1. The fourth-order valence-electron chi connectivity index (χ4n) is 2.63. The molecule has 3 N–H and O–H groups in total. The Labute approximate surface area is 118 Å². The molecule has 1 heterocycles.